The van der Waals surface area contributed by atoms with Crippen LogP contribution in [0.5, 0.6) is 0 Å². The highest BCUT2D eigenvalue weighted by molar-refractivity contribution is 5.39. The minimum absolute atomic E-state index is 0.292. The van der Waals surface area contributed by atoms with Crippen LogP contribution in [-0.4, -0.2) is 49.9 Å². The maximum Gasteiger partial charge on any atom is 0.258 e. The molecule has 0 bridgehead atoms. The van der Waals surface area contributed by atoms with Crippen LogP contribution >= 0.6 is 0 Å². The van der Waals surface area contributed by atoms with E-state index in [1.165, 1.54) is 11.0 Å². The Balaban J connectivity index is 2.45. The topological polar surface area (TPSA) is 84.7 Å². The predicted octanol–water partition coefficient (Wildman–Crippen LogP) is 0.339. The molecule has 0 aliphatic carbocycles. The summed E-state index contributed by atoms with van der Waals surface area (Å²) in [6.07, 6.45) is 2.99. The quantitative estimate of drug-likeness (QED) is 0.835. The maximum absolute atomic E-state index is 4.37. The number of rotatable bonds is 4. The third kappa shape index (κ3) is 2.36. The summed E-state index contributed by atoms with van der Waals surface area (Å²) >= 11 is 0. The second-order valence-electron chi connectivity index (χ2n) is 4.05. The maximum atomic E-state index is 4.37. The van der Waals surface area contributed by atoms with E-state index in [4.69, 9.17) is 0 Å². The summed E-state index contributed by atoms with van der Waals surface area (Å²) in [5, 5.41) is 6.93. The lowest BCUT2D eigenvalue weighted by atomic mass is 10.4. The van der Waals surface area contributed by atoms with Crippen molar-refractivity contribution in [2.75, 3.05) is 24.3 Å². The molecule has 2 aromatic heterocycles. The van der Waals surface area contributed by atoms with Gasteiger partial charge < -0.3 is 10.2 Å². The minimum atomic E-state index is 0.292. The van der Waals surface area contributed by atoms with Gasteiger partial charge in [-0.1, -0.05) is 0 Å². The van der Waals surface area contributed by atoms with Crippen LogP contribution in [0.4, 0.5) is 11.9 Å². The zero-order chi connectivity index (χ0) is 13.1. The Labute approximate surface area is 105 Å². The first-order chi connectivity index (χ1) is 8.61. The summed E-state index contributed by atoms with van der Waals surface area (Å²) in [6, 6.07) is 0.292. The van der Waals surface area contributed by atoms with E-state index in [1.807, 2.05) is 11.9 Å². The molecule has 2 heterocycles. The van der Waals surface area contributed by atoms with E-state index in [9.17, 15) is 0 Å². The highest BCUT2D eigenvalue weighted by atomic mass is 15.4. The number of nitrogens with one attached hydrogen (secondary N) is 1. The molecule has 0 aliphatic rings. The van der Waals surface area contributed by atoms with E-state index in [0.29, 0.717) is 23.9 Å². The lowest BCUT2D eigenvalue weighted by molar-refractivity contribution is 0.712. The van der Waals surface area contributed by atoms with Gasteiger partial charge in [-0.15, -0.1) is 0 Å². The lowest BCUT2D eigenvalue weighted by Crippen LogP contribution is -2.28. The van der Waals surface area contributed by atoms with Crippen molar-refractivity contribution in [3.63, 3.8) is 0 Å². The Morgan fingerprint density at radius 2 is 2.06 bits per heavy atom. The summed E-state index contributed by atoms with van der Waals surface area (Å²) < 4.78 is 1.50. The van der Waals surface area contributed by atoms with Gasteiger partial charge in [0, 0.05) is 20.1 Å². The molecule has 8 nitrogen and oxygen atoms in total. The highest BCUT2D eigenvalue weighted by Crippen LogP contribution is 2.13. The average Bonchev–Trinajstić information content (AvgIpc) is 2.91. The van der Waals surface area contributed by atoms with Crippen molar-refractivity contribution in [1.29, 1.82) is 0 Å². The molecular formula is C10H16N8. The SMILES string of the molecule is CNc1nc(N(C)C(C)C)nc(-n2cncn2)n1. The lowest BCUT2D eigenvalue weighted by Gasteiger charge is -2.21. The van der Waals surface area contributed by atoms with Crippen LogP contribution < -0.4 is 10.2 Å². The third-order valence-electron chi connectivity index (χ3n) is 2.55. The van der Waals surface area contributed by atoms with Gasteiger partial charge in [0.2, 0.25) is 11.9 Å². The van der Waals surface area contributed by atoms with E-state index in [0.717, 1.165) is 0 Å². The normalized spacial score (nSPS) is 10.7. The molecule has 0 aliphatic heterocycles. The molecule has 2 aromatic rings. The molecule has 96 valence electrons. The molecule has 1 N–H and O–H groups in total. The Hall–Kier alpha value is -2.25. The molecule has 0 atom stereocenters. The van der Waals surface area contributed by atoms with Gasteiger partial charge in [-0.3, -0.25) is 0 Å². The molecule has 18 heavy (non-hydrogen) atoms. The van der Waals surface area contributed by atoms with Crippen LogP contribution in [0.3, 0.4) is 0 Å². The van der Waals surface area contributed by atoms with Gasteiger partial charge in [0.05, 0.1) is 0 Å². The van der Waals surface area contributed by atoms with Crippen LogP contribution in [-0.2, 0) is 0 Å². The molecule has 0 unspecified atom stereocenters. The zero-order valence-electron chi connectivity index (χ0n) is 10.9. The van der Waals surface area contributed by atoms with E-state index in [1.54, 1.807) is 13.4 Å². The van der Waals surface area contributed by atoms with E-state index in [-0.39, 0.29) is 0 Å². The van der Waals surface area contributed by atoms with Gasteiger partial charge in [0.25, 0.3) is 5.95 Å². The van der Waals surface area contributed by atoms with Crippen LogP contribution in [0, 0.1) is 0 Å². The number of anilines is 2. The number of nitrogens with zero attached hydrogens (tertiary/aromatic N) is 7. The second-order valence-corrected chi connectivity index (χ2v) is 4.05. The van der Waals surface area contributed by atoms with Crippen molar-refractivity contribution in [2.45, 2.75) is 19.9 Å². The van der Waals surface area contributed by atoms with E-state index in [2.05, 4.69) is 44.2 Å². The highest BCUT2D eigenvalue weighted by Gasteiger charge is 2.13. The molecule has 0 fully saturated rings. The summed E-state index contributed by atoms with van der Waals surface area (Å²) in [7, 11) is 3.70. The molecule has 8 heteroatoms. The Bertz CT molecular complexity index is 507. The van der Waals surface area contributed by atoms with Gasteiger partial charge in [0.1, 0.15) is 12.7 Å². The average molecular weight is 248 g/mol. The monoisotopic (exact) mass is 248 g/mol. The second kappa shape index (κ2) is 4.94. The van der Waals surface area contributed by atoms with E-state index >= 15 is 0 Å². The molecule has 0 saturated carbocycles. The first kappa shape index (κ1) is 12.2. The van der Waals surface area contributed by atoms with Gasteiger partial charge in [-0.25, -0.2) is 4.98 Å². The fraction of sp³-hybridized carbons (Fsp3) is 0.500. The Kier molecular flexibility index (Phi) is 3.35. The van der Waals surface area contributed by atoms with Gasteiger partial charge in [0.15, 0.2) is 0 Å². The first-order valence-electron chi connectivity index (χ1n) is 5.63. The molecule has 2 rings (SSSR count). The smallest absolute Gasteiger partial charge is 0.258 e. The van der Waals surface area contributed by atoms with Gasteiger partial charge in [-0.2, -0.15) is 24.7 Å². The summed E-state index contributed by atoms with van der Waals surface area (Å²) in [5.41, 5.74) is 0. The Morgan fingerprint density at radius 1 is 1.28 bits per heavy atom. The minimum Gasteiger partial charge on any atom is -0.357 e. The largest absolute Gasteiger partial charge is 0.357 e. The molecule has 0 radical (unpaired) electrons. The number of hydrogen-bond acceptors (Lipinski definition) is 7. The van der Waals surface area contributed by atoms with Crippen LogP contribution in [0.15, 0.2) is 12.7 Å². The molecule has 0 aromatic carbocycles. The summed E-state index contributed by atoms with van der Waals surface area (Å²) in [4.78, 5) is 18.8. The molecule has 0 amide bonds. The Morgan fingerprint density at radius 3 is 2.61 bits per heavy atom. The fourth-order valence-corrected chi connectivity index (χ4v) is 1.27. The molecular weight excluding hydrogens is 232 g/mol. The molecule has 0 saturated heterocycles. The van der Waals surface area contributed by atoms with Crippen LogP contribution in [0.2, 0.25) is 0 Å². The van der Waals surface area contributed by atoms with Crippen molar-refractivity contribution in [3.05, 3.63) is 12.7 Å². The van der Waals surface area contributed by atoms with Crippen molar-refractivity contribution >= 4 is 11.9 Å². The zero-order valence-corrected chi connectivity index (χ0v) is 10.9. The standard InChI is InChI=1S/C10H16N8/c1-7(2)17(4)9-14-8(11-3)15-10(16-9)18-6-12-5-13-18/h5-7H,1-4H3,(H,11,14,15,16). The van der Waals surface area contributed by atoms with Gasteiger partial charge in [-0.05, 0) is 13.8 Å². The van der Waals surface area contributed by atoms with Crippen molar-refractivity contribution < 1.29 is 0 Å². The molecule has 0 spiro atoms. The first-order valence-corrected chi connectivity index (χ1v) is 5.63. The van der Waals surface area contributed by atoms with Crippen LogP contribution in [0.25, 0.3) is 5.95 Å². The fourth-order valence-electron chi connectivity index (χ4n) is 1.27. The third-order valence-corrected chi connectivity index (χ3v) is 2.55. The van der Waals surface area contributed by atoms with Crippen molar-refractivity contribution in [2.24, 2.45) is 0 Å². The van der Waals surface area contributed by atoms with E-state index < -0.39 is 0 Å². The van der Waals surface area contributed by atoms with Crippen molar-refractivity contribution in [1.82, 2.24) is 29.7 Å². The number of hydrogen-bond donors (Lipinski definition) is 1. The predicted molar refractivity (Wildman–Crippen MR) is 67.8 cm³/mol. The number of aromatic nitrogens is 6. The van der Waals surface area contributed by atoms with Crippen LogP contribution in [0.1, 0.15) is 13.8 Å². The van der Waals surface area contributed by atoms with Crippen molar-refractivity contribution in [3.8, 4) is 5.95 Å². The van der Waals surface area contributed by atoms with Gasteiger partial charge >= 0.3 is 0 Å². The summed E-state index contributed by atoms with van der Waals surface area (Å²) in [6.45, 7) is 4.13. The summed E-state index contributed by atoms with van der Waals surface area (Å²) in [5.74, 6) is 1.53.